The van der Waals surface area contributed by atoms with E-state index in [4.69, 9.17) is 4.74 Å². The van der Waals surface area contributed by atoms with Gasteiger partial charge in [0.2, 0.25) is 10.0 Å². The summed E-state index contributed by atoms with van der Waals surface area (Å²) in [4.78, 5) is 9.19. The van der Waals surface area contributed by atoms with Gasteiger partial charge in [-0.2, -0.15) is 0 Å². The van der Waals surface area contributed by atoms with Crippen LogP contribution in [0.15, 0.2) is 84.0 Å². The summed E-state index contributed by atoms with van der Waals surface area (Å²) in [5.74, 6) is 0.842. The smallest absolute Gasteiger partial charge is 0.240 e. The van der Waals surface area contributed by atoms with Gasteiger partial charge in [-0.1, -0.05) is 24.3 Å². The number of sulfonamides is 1. The molecule has 2 heterocycles. The van der Waals surface area contributed by atoms with Gasteiger partial charge in [0.05, 0.1) is 18.0 Å². The molecule has 0 aliphatic carbocycles. The van der Waals surface area contributed by atoms with E-state index in [1.54, 1.807) is 43.6 Å². The van der Waals surface area contributed by atoms with Crippen molar-refractivity contribution in [3.8, 4) is 5.75 Å². The molecule has 0 spiro atoms. The van der Waals surface area contributed by atoms with Gasteiger partial charge in [0.25, 0.3) is 0 Å². The van der Waals surface area contributed by atoms with Gasteiger partial charge >= 0.3 is 0 Å². The molecule has 1 aromatic heterocycles. The number of nitrogens with zero attached hydrogens (tertiary/aromatic N) is 3. The van der Waals surface area contributed by atoms with Gasteiger partial charge in [-0.05, 0) is 48.0 Å². The second kappa shape index (κ2) is 10.1. The van der Waals surface area contributed by atoms with Crippen molar-refractivity contribution in [2.75, 3.05) is 44.7 Å². The van der Waals surface area contributed by atoms with Crippen molar-refractivity contribution in [2.45, 2.75) is 10.9 Å². The molecule has 7 nitrogen and oxygen atoms in total. The highest BCUT2D eigenvalue weighted by Gasteiger charge is 2.27. The number of rotatable bonds is 8. The molecular formula is C24H28N4O3S. The first-order chi connectivity index (χ1) is 15.6. The predicted octanol–water partition coefficient (Wildman–Crippen LogP) is 2.93. The lowest BCUT2D eigenvalue weighted by Crippen LogP contribution is -2.49. The van der Waals surface area contributed by atoms with Crippen molar-refractivity contribution in [1.82, 2.24) is 14.6 Å². The molecule has 1 aliphatic heterocycles. The zero-order valence-electron chi connectivity index (χ0n) is 18.1. The van der Waals surface area contributed by atoms with E-state index in [9.17, 15) is 8.42 Å². The monoisotopic (exact) mass is 452 g/mol. The first-order valence-corrected chi connectivity index (χ1v) is 12.1. The molecule has 8 heteroatoms. The average Bonchev–Trinajstić information content (AvgIpc) is 2.86. The fourth-order valence-corrected chi connectivity index (χ4v) is 5.05. The van der Waals surface area contributed by atoms with Crippen molar-refractivity contribution in [1.29, 1.82) is 0 Å². The molecule has 168 valence electrons. The average molecular weight is 453 g/mol. The summed E-state index contributed by atoms with van der Waals surface area (Å²) in [6.45, 7) is 3.63. The van der Waals surface area contributed by atoms with Gasteiger partial charge in [0.1, 0.15) is 5.75 Å². The first kappa shape index (κ1) is 22.3. The maximum atomic E-state index is 12.8. The summed E-state index contributed by atoms with van der Waals surface area (Å²) < 4.78 is 33.6. The molecule has 1 atom stereocenters. The third-order valence-corrected chi connectivity index (χ3v) is 7.22. The Bertz CT molecular complexity index is 1090. The molecule has 3 aromatic rings. The van der Waals surface area contributed by atoms with Crippen molar-refractivity contribution in [2.24, 2.45) is 0 Å². The molecular weight excluding hydrogens is 424 g/mol. The molecule has 1 N–H and O–H groups in total. The Hall–Kier alpha value is -2.94. The lowest BCUT2D eigenvalue weighted by atomic mass is 10.1. The van der Waals surface area contributed by atoms with Crippen LogP contribution in [0.4, 0.5) is 5.69 Å². The number of hydrogen-bond donors (Lipinski definition) is 1. The van der Waals surface area contributed by atoms with Crippen LogP contribution in [0.5, 0.6) is 5.75 Å². The number of anilines is 1. The van der Waals surface area contributed by atoms with Gasteiger partial charge in [0, 0.05) is 50.8 Å². The van der Waals surface area contributed by atoms with E-state index in [1.165, 1.54) is 0 Å². The molecule has 0 saturated carbocycles. The minimum Gasteiger partial charge on any atom is -0.497 e. The van der Waals surface area contributed by atoms with Gasteiger partial charge < -0.3 is 9.64 Å². The Morgan fingerprint density at radius 1 is 0.969 bits per heavy atom. The minimum absolute atomic E-state index is 0.0970. The Balaban J connectivity index is 1.46. The molecule has 1 aliphatic rings. The summed E-state index contributed by atoms with van der Waals surface area (Å²) in [5, 5.41) is 0. The van der Waals surface area contributed by atoms with E-state index >= 15 is 0 Å². The van der Waals surface area contributed by atoms with Crippen molar-refractivity contribution < 1.29 is 13.2 Å². The van der Waals surface area contributed by atoms with Gasteiger partial charge in [-0.15, -0.1) is 0 Å². The largest absolute Gasteiger partial charge is 0.497 e. The van der Waals surface area contributed by atoms with Crippen LogP contribution in [-0.2, 0) is 10.0 Å². The highest BCUT2D eigenvalue weighted by Crippen LogP contribution is 2.25. The summed E-state index contributed by atoms with van der Waals surface area (Å²) in [5.41, 5.74) is 2.16. The van der Waals surface area contributed by atoms with E-state index in [2.05, 4.69) is 31.6 Å². The second-order valence-corrected chi connectivity index (χ2v) is 9.46. The van der Waals surface area contributed by atoms with Crippen LogP contribution in [0.25, 0.3) is 0 Å². The number of aromatic nitrogens is 1. The highest BCUT2D eigenvalue weighted by molar-refractivity contribution is 7.89. The maximum Gasteiger partial charge on any atom is 0.240 e. The number of piperazine rings is 1. The normalized spacial score (nSPS) is 16.0. The van der Waals surface area contributed by atoms with Crippen LogP contribution >= 0.6 is 0 Å². The molecule has 0 amide bonds. The Morgan fingerprint density at radius 2 is 1.69 bits per heavy atom. The summed E-state index contributed by atoms with van der Waals surface area (Å²) in [7, 11) is -1.92. The topological polar surface area (TPSA) is 74.8 Å². The maximum absolute atomic E-state index is 12.8. The Labute approximate surface area is 189 Å². The van der Waals surface area contributed by atoms with Crippen molar-refractivity contribution in [3.05, 3.63) is 84.7 Å². The van der Waals surface area contributed by atoms with Crippen molar-refractivity contribution in [3.63, 3.8) is 0 Å². The Kier molecular flexibility index (Phi) is 7.04. The Morgan fingerprint density at radius 3 is 2.31 bits per heavy atom. The first-order valence-electron chi connectivity index (χ1n) is 10.6. The van der Waals surface area contributed by atoms with Crippen LogP contribution in [0.1, 0.15) is 11.6 Å². The fraction of sp³-hybridized carbons (Fsp3) is 0.292. The van der Waals surface area contributed by atoms with E-state index in [1.807, 2.05) is 30.5 Å². The lowest BCUT2D eigenvalue weighted by Gasteiger charge is -2.40. The standard InChI is InChI=1S/C24H28N4O3S/c1-31-22-11-9-21(10-12-22)27-14-16-28(17-15-27)24(20-6-5-13-25-18-20)19-26-32(29,30)23-7-3-2-4-8-23/h2-13,18,24,26H,14-17,19H2,1H3. The zero-order valence-corrected chi connectivity index (χ0v) is 18.9. The molecule has 0 radical (unpaired) electrons. The van der Waals surface area contributed by atoms with Crippen LogP contribution in [0.3, 0.4) is 0 Å². The van der Waals surface area contributed by atoms with Crippen molar-refractivity contribution >= 4 is 15.7 Å². The number of nitrogens with one attached hydrogen (secondary N) is 1. The van der Waals surface area contributed by atoms with E-state index in [0.29, 0.717) is 0 Å². The number of ether oxygens (including phenoxy) is 1. The molecule has 32 heavy (non-hydrogen) atoms. The summed E-state index contributed by atoms with van der Waals surface area (Å²) in [6.07, 6.45) is 3.55. The number of hydrogen-bond acceptors (Lipinski definition) is 6. The third-order valence-electron chi connectivity index (χ3n) is 5.78. The molecule has 2 aromatic carbocycles. The fourth-order valence-electron chi connectivity index (χ4n) is 3.99. The number of pyridine rings is 1. The molecule has 1 saturated heterocycles. The van der Waals surface area contributed by atoms with E-state index in [0.717, 1.165) is 43.2 Å². The SMILES string of the molecule is COc1ccc(N2CCN(C(CNS(=O)(=O)c3ccccc3)c3cccnc3)CC2)cc1. The molecule has 4 rings (SSSR count). The quantitative estimate of drug-likeness (QED) is 0.567. The number of methoxy groups -OCH3 is 1. The predicted molar refractivity (Wildman–Crippen MR) is 125 cm³/mol. The zero-order chi connectivity index (χ0) is 22.4. The molecule has 0 bridgehead atoms. The third kappa shape index (κ3) is 5.27. The van der Waals surface area contributed by atoms with Crippen LogP contribution < -0.4 is 14.4 Å². The van der Waals surface area contributed by atoms with E-state index in [-0.39, 0.29) is 17.5 Å². The van der Waals surface area contributed by atoms with Gasteiger partial charge in [-0.25, -0.2) is 13.1 Å². The van der Waals surface area contributed by atoms with Crippen LogP contribution in [0.2, 0.25) is 0 Å². The minimum atomic E-state index is -3.58. The van der Waals surface area contributed by atoms with Gasteiger partial charge in [0.15, 0.2) is 0 Å². The van der Waals surface area contributed by atoms with Crippen LogP contribution in [-0.4, -0.2) is 58.1 Å². The second-order valence-electron chi connectivity index (χ2n) is 7.69. The van der Waals surface area contributed by atoms with E-state index < -0.39 is 10.0 Å². The van der Waals surface area contributed by atoms with Gasteiger partial charge in [-0.3, -0.25) is 9.88 Å². The van der Waals surface area contributed by atoms with Crippen LogP contribution in [0, 0.1) is 0 Å². The summed E-state index contributed by atoms with van der Waals surface area (Å²) >= 11 is 0. The lowest BCUT2D eigenvalue weighted by molar-refractivity contribution is 0.186. The molecule has 1 unspecified atom stereocenters. The summed E-state index contributed by atoms with van der Waals surface area (Å²) in [6, 6.07) is 20.4. The molecule has 1 fully saturated rings. The number of benzene rings is 2. The highest BCUT2D eigenvalue weighted by atomic mass is 32.2.